The minimum atomic E-state index is -4.42. The molecular formula is C17H21ClF4N2O2. The Morgan fingerprint density at radius 2 is 2.00 bits per heavy atom. The van der Waals surface area contributed by atoms with E-state index in [4.69, 9.17) is 11.6 Å². The van der Waals surface area contributed by atoms with Crippen LogP contribution in [0.4, 0.5) is 17.6 Å². The number of ether oxygens (including phenoxy) is 1. The van der Waals surface area contributed by atoms with E-state index in [9.17, 15) is 22.4 Å². The van der Waals surface area contributed by atoms with Gasteiger partial charge in [-0.25, -0.2) is 4.39 Å². The number of likely N-dealkylation sites (tertiary alicyclic amines) is 1. The Hall–Kier alpha value is -1.38. The Morgan fingerprint density at radius 3 is 2.62 bits per heavy atom. The van der Waals surface area contributed by atoms with Gasteiger partial charge in [0.05, 0.1) is 12.6 Å². The molecule has 146 valence electrons. The van der Waals surface area contributed by atoms with Gasteiger partial charge in [-0.15, -0.1) is 0 Å². The number of amides is 1. The summed E-state index contributed by atoms with van der Waals surface area (Å²) in [6.45, 7) is -0.0692. The van der Waals surface area contributed by atoms with Crippen LogP contribution in [0.5, 0.6) is 0 Å². The van der Waals surface area contributed by atoms with Crippen molar-refractivity contribution in [3.63, 3.8) is 0 Å². The molecule has 1 aliphatic rings. The Bertz CT molecular complexity index is 587. The first-order valence-corrected chi connectivity index (χ1v) is 8.75. The van der Waals surface area contributed by atoms with Crippen LogP contribution in [0.2, 0.25) is 5.02 Å². The van der Waals surface area contributed by atoms with E-state index in [1.807, 2.05) is 4.90 Å². The molecular weight excluding hydrogens is 376 g/mol. The molecule has 1 aromatic rings. The van der Waals surface area contributed by atoms with Crippen molar-refractivity contribution in [2.24, 2.45) is 0 Å². The summed E-state index contributed by atoms with van der Waals surface area (Å²) in [5, 5.41) is 2.93. The molecule has 1 fully saturated rings. The van der Waals surface area contributed by atoms with Gasteiger partial charge in [0.1, 0.15) is 12.4 Å². The van der Waals surface area contributed by atoms with Gasteiger partial charge in [-0.05, 0) is 38.1 Å². The summed E-state index contributed by atoms with van der Waals surface area (Å²) < 4.78 is 54.7. The highest BCUT2D eigenvalue weighted by atomic mass is 35.5. The number of nitrogens with one attached hydrogen (secondary N) is 1. The Kier molecular flexibility index (Phi) is 7.67. The minimum Gasteiger partial charge on any atom is -0.372 e. The molecule has 0 radical (unpaired) electrons. The van der Waals surface area contributed by atoms with E-state index >= 15 is 0 Å². The number of alkyl halides is 3. The molecule has 4 nitrogen and oxygen atoms in total. The maximum absolute atomic E-state index is 14.3. The monoisotopic (exact) mass is 396 g/mol. The van der Waals surface area contributed by atoms with Crippen LogP contribution in [0, 0.1) is 5.82 Å². The normalized spacial score (nSPS) is 16.7. The standard InChI is InChI=1S/C17H21ClF4N2O2/c18-12-4-3-5-13(19)16(12)14(24-7-1-2-8-24)10-23-15(25)6-9-26-11-17(20,21)22/h3-5,14H,1-2,6-11H2,(H,23,25). The van der Waals surface area contributed by atoms with Crippen molar-refractivity contribution >= 4 is 17.5 Å². The van der Waals surface area contributed by atoms with Crippen LogP contribution < -0.4 is 5.32 Å². The summed E-state index contributed by atoms with van der Waals surface area (Å²) >= 11 is 6.16. The molecule has 0 aliphatic carbocycles. The van der Waals surface area contributed by atoms with Gasteiger partial charge in [0.25, 0.3) is 0 Å². The molecule has 1 amide bonds. The largest absolute Gasteiger partial charge is 0.411 e. The number of nitrogens with zero attached hydrogens (tertiary/aromatic N) is 1. The average Bonchev–Trinajstić information content (AvgIpc) is 3.07. The highest BCUT2D eigenvalue weighted by Gasteiger charge is 2.29. The molecule has 26 heavy (non-hydrogen) atoms. The Balaban J connectivity index is 1.92. The Labute approximate surface area is 154 Å². The molecule has 1 atom stereocenters. The number of benzene rings is 1. The van der Waals surface area contributed by atoms with E-state index in [0.29, 0.717) is 5.56 Å². The molecule has 9 heteroatoms. The molecule has 0 aromatic heterocycles. The Morgan fingerprint density at radius 1 is 1.31 bits per heavy atom. The van der Waals surface area contributed by atoms with E-state index in [1.165, 1.54) is 12.1 Å². The quantitative estimate of drug-likeness (QED) is 0.538. The van der Waals surface area contributed by atoms with Crippen LogP contribution in [0.1, 0.15) is 30.9 Å². The third-order valence-electron chi connectivity index (χ3n) is 4.15. The summed E-state index contributed by atoms with van der Waals surface area (Å²) in [7, 11) is 0. The minimum absolute atomic E-state index is 0.124. The summed E-state index contributed by atoms with van der Waals surface area (Å²) in [5.74, 6) is -0.902. The van der Waals surface area contributed by atoms with Gasteiger partial charge in [-0.2, -0.15) is 13.2 Å². The van der Waals surface area contributed by atoms with Gasteiger partial charge in [0, 0.05) is 23.6 Å². The lowest BCUT2D eigenvalue weighted by atomic mass is 10.0. The predicted octanol–water partition coefficient (Wildman–Crippen LogP) is 3.70. The summed E-state index contributed by atoms with van der Waals surface area (Å²) in [4.78, 5) is 13.9. The van der Waals surface area contributed by atoms with Gasteiger partial charge in [0.15, 0.2) is 0 Å². The van der Waals surface area contributed by atoms with Gasteiger partial charge >= 0.3 is 6.18 Å². The van der Waals surface area contributed by atoms with Crippen molar-refractivity contribution in [3.8, 4) is 0 Å². The first-order chi connectivity index (χ1) is 12.3. The molecule has 1 aromatic carbocycles. The SMILES string of the molecule is O=C(CCOCC(F)(F)F)NCC(c1c(F)cccc1Cl)N1CCCC1. The second kappa shape index (κ2) is 9.53. The fraction of sp³-hybridized carbons (Fsp3) is 0.588. The summed E-state index contributed by atoms with van der Waals surface area (Å²) in [6.07, 6.45) is -2.67. The second-order valence-corrected chi connectivity index (χ2v) is 6.52. The molecule has 2 rings (SSSR count). The van der Waals surface area contributed by atoms with Crippen molar-refractivity contribution in [1.82, 2.24) is 10.2 Å². The van der Waals surface area contributed by atoms with Crippen molar-refractivity contribution in [3.05, 3.63) is 34.6 Å². The lowest BCUT2D eigenvalue weighted by molar-refractivity contribution is -0.174. The van der Waals surface area contributed by atoms with Gasteiger partial charge in [0.2, 0.25) is 5.91 Å². The van der Waals surface area contributed by atoms with Crippen molar-refractivity contribution in [1.29, 1.82) is 0 Å². The van der Waals surface area contributed by atoms with E-state index in [1.54, 1.807) is 6.07 Å². The zero-order valence-electron chi connectivity index (χ0n) is 14.1. The summed E-state index contributed by atoms with van der Waals surface area (Å²) in [6, 6.07) is 4.00. The molecule has 1 saturated heterocycles. The van der Waals surface area contributed by atoms with E-state index < -0.39 is 30.5 Å². The van der Waals surface area contributed by atoms with E-state index in [0.717, 1.165) is 25.9 Å². The van der Waals surface area contributed by atoms with Gasteiger partial charge in [-0.1, -0.05) is 17.7 Å². The summed E-state index contributed by atoms with van der Waals surface area (Å²) in [5.41, 5.74) is 0.324. The van der Waals surface area contributed by atoms with E-state index in [2.05, 4.69) is 10.1 Å². The van der Waals surface area contributed by atoms with Gasteiger partial charge < -0.3 is 10.1 Å². The van der Waals surface area contributed by atoms with Crippen molar-refractivity contribution in [2.75, 3.05) is 32.8 Å². The fourth-order valence-electron chi connectivity index (χ4n) is 2.95. The third-order valence-corrected chi connectivity index (χ3v) is 4.48. The van der Waals surface area contributed by atoms with Crippen LogP contribution in [0.3, 0.4) is 0 Å². The molecule has 0 spiro atoms. The molecule has 1 unspecified atom stereocenters. The molecule has 0 bridgehead atoms. The van der Waals surface area contributed by atoms with Crippen molar-refractivity contribution < 1.29 is 27.1 Å². The number of hydrogen-bond donors (Lipinski definition) is 1. The van der Waals surface area contributed by atoms with Crippen LogP contribution in [0.25, 0.3) is 0 Å². The van der Waals surface area contributed by atoms with E-state index in [-0.39, 0.29) is 24.6 Å². The van der Waals surface area contributed by atoms with Crippen LogP contribution >= 0.6 is 11.6 Å². The van der Waals surface area contributed by atoms with Crippen LogP contribution in [-0.2, 0) is 9.53 Å². The molecule has 1 heterocycles. The number of carbonyl (C=O) groups is 1. The number of carbonyl (C=O) groups excluding carboxylic acids is 1. The predicted molar refractivity (Wildman–Crippen MR) is 89.5 cm³/mol. The average molecular weight is 397 g/mol. The highest BCUT2D eigenvalue weighted by molar-refractivity contribution is 6.31. The van der Waals surface area contributed by atoms with Crippen LogP contribution in [0.15, 0.2) is 18.2 Å². The second-order valence-electron chi connectivity index (χ2n) is 6.12. The highest BCUT2D eigenvalue weighted by Crippen LogP contribution is 2.31. The smallest absolute Gasteiger partial charge is 0.372 e. The number of rotatable bonds is 8. The molecule has 1 aliphatic heterocycles. The lowest BCUT2D eigenvalue weighted by Gasteiger charge is -2.29. The molecule has 1 N–H and O–H groups in total. The fourth-order valence-corrected chi connectivity index (χ4v) is 3.24. The third kappa shape index (κ3) is 6.41. The first kappa shape index (κ1) is 20.9. The van der Waals surface area contributed by atoms with Crippen molar-refractivity contribution in [2.45, 2.75) is 31.5 Å². The maximum atomic E-state index is 14.3. The lowest BCUT2D eigenvalue weighted by Crippen LogP contribution is -2.37. The van der Waals surface area contributed by atoms with Crippen LogP contribution in [-0.4, -0.2) is 49.8 Å². The number of halogens is 5. The first-order valence-electron chi connectivity index (χ1n) is 8.37. The maximum Gasteiger partial charge on any atom is 0.411 e. The zero-order chi connectivity index (χ0) is 19.2. The number of hydrogen-bond acceptors (Lipinski definition) is 3. The molecule has 0 saturated carbocycles. The van der Waals surface area contributed by atoms with Gasteiger partial charge in [-0.3, -0.25) is 9.69 Å². The zero-order valence-corrected chi connectivity index (χ0v) is 14.9. The topological polar surface area (TPSA) is 41.6 Å².